The van der Waals surface area contributed by atoms with Gasteiger partial charge >= 0.3 is 5.91 Å². The highest BCUT2D eigenvalue weighted by atomic mass is 16.5. The van der Waals surface area contributed by atoms with Crippen LogP contribution in [-0.4, -0.2) is 18.0 Å². The minimum atomic E-state index is -0.323. The first-order chi connectivity index (χ1) is 9.10. The zero-order valence-electron chi connectivity index (χ0n) is 11.1. The van der Waals surface area contributed by atoms with Gasteiger partial charge in [0.1, 0.15) is 11.5 Å². The van der Waals surface area contributed by atoms with E-state index in [1.165, 1.54) is 6.20 Å². The van der Waals surface area contributed by atoms with Gasteiger partial charge in [-0.05, 0) is 31.5 Å². The first-order valence-electron chi connectivity index (χ1n) is 5.97. The Morgan fingerprint density at radius 3 is 2.58 bits per heavy atom. The van der Waals surface area contributed by atoms with Crippen LogP contribution in [0.15, 0.2) is 34.9 Å². The third kappa shape index (κ3) is 3.13. The number of hydrogen-bond acceptors (Lipinski definition) is 4. The van der Waals surface area contributed by atoms with Gasteiger partial charge in [-0.3, -0.25) is 4.79 Å². The Bertz CT molecular complexity index is 560. The maximum Gasteiger partial charge on any atom is 0.307 e. The number of hydrogen-bond donors (Lipinski definition) is 1. The van der Waals surface area contributed by atoms with Crippen LogP contribution in [0, 0.1) is 6.92 Å². The zero-order chi connectivity index (χ0) is 13.8. The molecule has 19 heavy (non-hydrogen) atoms. The summed E-state index contributed by atoms with van der Waals surface area (Å²) < 4.78 is 10.3. The summed E-state index contributed by atoms with van der Waals surface area (Å²) in [6, 6.07) is 7.39. The second kappa shape index (κ2) is 5.56. The minimum Gasteiger partial charge on any atom is -0.497 e. The number of carbonyl (C=O) groups excluding carboxylic acids is 1. The molecule has 0 aliphatic carbocycles. The molecule has 1 aromatic heterocycles. The molecule has 0 saturated heterocycles. The maximum atomic E-state index is 11.9. The van der Waals surface area contributed by atoms with E-state index in [4.69, 9.17) is 9.15 Å². The second-order valence-corrected chi connectivity index (χ2v) is 4.24. The van der Waals surface area contributed by atoms with E-state index in [1.54, 1.807) is 14.0 Å². The van der Waals surface area contributed by atoms with Crippen LogP contribution >= 0.6 is 0 Å². The highest BCUT2D eigenvalue weighted by Crippen LogP contribution is 2.17. The number of carbonyl (C=O) groups is 1. The van der Waals surface area contributed by atoms with Crippen molar-refractivity contribution in [2.24, 2.45) is 0 Å². The average molecular weight is 260 g/mol. The van der Waals surface area contributed by atoms with E-state index < -0.39 is 0 Å². The number of oxazole rings is 1. The summed E-state index contributed by atoms with van der Waals surface area (Å²) in [5, 5.41) is 2.83. The highest BCUT2D eigenvalue weighted by molar-refractivity contribution is 5.89. The van der Waals surface area contributed by atoms with Crippen molar-refractivity contribution in [3.63, 3.8) is 0 Å². The zero-order valence-corrected chi connectivity index (χ0v) is 11.1. The van der Waals surface area contributed by atoms with Crippen molar-refractivity contribution in [1.29, 1.82) is 0 Å². The third-order valence-corrected chi connectivity index (χ3v) is 2.78. The second-order valence-electron chi connectivity index (χ2n) is 4.24. The van der Waals surface area contributed by atoms with Crippen molar-refractivity contribution >= 4 is 5.91 Å². The molecule has 1 heterocycles. The lowest BCUT2D eigenvalue weighted by molar-refractivity contribution is 0.0903. The van der Waals surface area contributed by atoms with Gasteiger partial charge in [0.25, 0.3) is 5.89 Å². The number of rotatable bonds is 4. The van der Waals surface area contributed by atoms with Gasteiger partial charge in [0.2, 0.25) is 0 Å². The molecule has 100 valence electrons. The third-order valence-electron chi connectivity index (χ3n) is 2.78. The van der Waals surface area contributed by atoms with Crippen molar-refractivity contribution in [1.82, 2.24) is 10.3 Å². The van der Waals surface area contributed by atoms with Gasteiger partial charge < -0.3 is 14.5 Å². The summed E-state index contributed by atoms with van der Waals surface area (Å²) in [5.74, 6) is 1.15. The predicted molar refractivity (Wildman–Crippen MR) is 70.1 cm³/mol. The molecule has 5 nitrogen and oxygen atoms in total. The number of aromatic nitrogens is 1. The number of benzene rings is 1. The molecule has 5 heteroatoms. The van der Waals surface area contributed by atoms with E-state index >= 15 is 0 Å². The summed E-state index contributed by atoms with van der Waals surface area (Å²) in [7, 11) is 1.62. The lowest BCUT2D eigenvalue weighted by Gasteiger charge is -2.13. The van der Waals surface area contributed by atoms with Crippen LogP contribution < -0.4 is 10.1 Å². The van der Waals surface area contributed by atoms with Crippen molar-refractivity contribution in [2.75, 3.05) is 7.11 Å². The van der Waals surface area contributed by atoms with Crippen molar-refractivity contribution in [3.8, 4) is 5.75 Å². The summed E-state index contributed by atoms with van der Waals surface area (Å²) >= 11 is 0. The van der Waals surface area contributed by atoms with Gasteiger partial charge in [0, 0.05) is 0 Å². The molecule has 0 spiro atoms. The van der Waals surface area contributed by atoms with Gasteiger partial charge in [-0.2, -0.15) is 0 Å². The Kier molecular flexibility index (Phi) is 3.85. The molecule has 1 aromatic carbocycles. The average Bonchev–Trinajstić information content (AvgIpc) is 2.85. The lowest BCUT2D eigenvalue weighted by atomic mass is 10.1. The van der Waals surface area contributed by atoms with Crippen molar-refractivity contribution < 1.29 is 13.9 Å². The van der Waals surface area contributed by atoms with Crippen molar-refractivity contribution in [3.05, 3.63) is 47.7 Å². The quantitative estimate of drug-likeness (QED) is 0.917. The van der Waals surface area contributed by atoms with E-state index in [9.17, 15) is 4.79 Å². The Balaban J connectivity index is 2.03. The molecule has 0 aliphatic rings. The monoisotopic (exact) mass is 260 g/mol. The number of nitrogens with one attached hydrogen (secondary N) is 1. The smallest absolute Gasteiger partial charge is 0.307 e. The van der Waals surface area contributed by atoms with E-state index in [0.29, 0.717) is 5.76 Å². The Morgan fingerprint density at radius 1 is 1.37 bits per heavy atom. The largest absolute Gasteiger partial charge is 0.497 e. The van der Waals surface area contributed by atoms with Crippen LogP contribution in [0.3, 0.4) is 0 Å². The van der Waals surface area contributed by atoms with Crippen LogP contribution in [0.1, 0.15) is 35.0 Å². The van der Waals surface area contributed by atoms with E-state index in [2.05, 4.69) is 10.3 Å². The molecule has 2 aromatic rings. The summed E-state index contributed by atoms with van der Waals surface area (Å²) in [4.78, 5) is 15.8. The van der Waals surface area contributed by atoms with Gasteiger partial charge in [-0.15, -0.1) is 0 Å². The molecular formula is C14H16N2O3. The number of aryl methyl sites for hydroxylation is 1. The van der Waals surface area contributed by atoms with Gasteiger partial charge in [0.05, 0.1) is 19.3 Å². The van der Waals surface area contributed by atoms with Crippen LogP contribution in [0.5, 0.6) is 5.75 Å². The van der Waals surface area contributed by atoms with Gasteiger partial charge in [-0.1, -0.05) is 12.1 Å². The summed E-state index contributed by atoms with van der Waals surface area (Å²) in [6.07, 6.45) is 1.52. The summed E-state index contributed by atoms with van der Waals surface area (Å²) in [5.41, 5.74) is 0.984. The topological polar surface area (TPSA) is 64.4 Å². The molecule has 1 amide bonds. The maximum absolute atomic E-state index is 11.9. The molecule has 0 saturated carbocycles. The van der Waals surface area contributed by atoms with Gasteiger partial charge in [-0.25, -0.2) is 4.98 Å². The molecule has 0 aliphatic heterocycles. The standard InChI is InChI=1S/C14H16N2O3/c1-9-8-15-14(19-9)13(17)16-10(2)11-4-6-12(18-3)7-5-11/h4-8,10H,1-3H3,(H,16,17). The van der Waals surface area contributed by atoms with Gasteiger partial charge in [0.15, 0.2) is 0 Å². The fraction of sp³-hybridized carbons (Fsp3) is 0.286. The van der Waals surface area contributed by atoms with E-state index in [0.717, 1.165) is 11.3 Å². The Hall–Kier alpha value is -2.30. The minimum absolute atomic E-state index is 0.0814. The predicted octanol–water partition coefficient (Wildman–Crippen LogP) is 2.48. The Labute approximate surface area is 111 Å². The number of amides is 1. The molecule has 0 fully saturated rings. The molecule has 2 rings (SSSR count). The molecule has 0 bridgehead atoms. The molecule has 0 radical (unpaired) electrons. The molecule has 1 atom stereocenters. The first-order valence-corrected chi connectivity index (χ1v) is 5.97. The lowest BCUT2D eigenvalue weighted by Crippen LogP contribution is -2.26. The van der Waals surface area contributed by atoms with E-state index in [-0.39, 0.29) is 17.8 Å². The molecule has 1 unspecified atom stereocenters. The number of ether oxygens (including phenoxy) is 1. The summed E-state index contributed by atoms with van der Waals surface area (Å²) in [6.45, 7) is 3.65. The number of nitrogens with zero attached hydrogens (tertiary/aromatic N) is 1. The SMILES string of the molecule is COc1ccc(C(C)NC(=O)c2ncc(C)o2)cc1. The van der Waals surface area contributed by atoms with Crippen molar-refractivity contribution in [2.45, 2.75) is 19.9 Å². The van der Waals surface area contributed by atoms with Crippen LogP contribution in [-0.2, 0) is 0 Å². The molecular weight excluding hydrogens is 244 g/mol. The van der Waals surface area contributed by atoms with Crippen LogP contribution in [0.2, 0.25) is 0 Å². The van der Waals surface area contributed by atoms with Crippen LogP contribution in [0.25, 0.3) is 0 Å². The molecule has 1 N–H and O–H groups in total. The van der Waals surface area contributed by atoms with E-state index in [1.807, 2.05) is 31.2 Å². The first kappa shape index (κ1) is 13.1. The number of methoxy groups -OCH3 is 1. The fourth-order valence-corrected chi connectivity index (χ4v) is 1.69. The Morgan fingerprint density at radius 2 is 2.05 bits per heavy atom. The van der Waals surface area contributed by atoms with Crippen LogP contribution in [0.4, 0.5) is 0 Å². The highest BCUT2D eigenvalue weighted by Gasteiger charge is 2.15. The fourth-order valence-electron chi connectivity index (χ4n) is 1.69. The normalized spacial score (nSPS) is 11.9.